The summed E-state index contributed by atoms with van der Waals surface area (Å²) >= 11 is 0. The molecular formula is C11H20N2O4. The molecule has 6 nitrogen and oxygen atoms in total. The van der Waals surface area contributed by atoms with E-state index in [1.54, 1.807) is 6.92 Å². The number of ether oxygens (including phenoxy) is 1. The fraction of sp³-hybridized carbons (Fsp3) is 0.818. The number of nitrogens with zero attached hydrogens (tertiary/aromatic N) is 2. The summed E-state index contributed by atoms with van der Waals surface area (Å²) in [6.07, 6.45) is -0.903. The minimum atomic E-state index is -0.903. The molecular weight excluding hydrogens is 224 g/mol. The Labute approximate surface area is 101 Å². The summed E-state index contributed by atoms with van der Waals surface area (Å²) < 4.78 is 4.91. The van der Waals surface area contributed by atoms with Gasteiger partial charge in [-0.25, -0.2) is 4.79 Å². The zero-order valence-corrected chi connectivity index (χ0v) is 10.5. The largest absolute Gasteiger partial charge is 0.465 e. The Morgan fingerprint density at radius 3 is 2.24 bits per heavy atom. The van der Waals surface area contributed by atoms with Crippen molar-refractivity contribution in [3.63, 3.8) is 0 Å². The van der Waals surface area contributed by atoms with Crippen LogP contribution in [0.1, 0.15) is 20.8 Å². The van der Waals surface area contributed by atoms with E-state index in [1.807, 2.05) is 18.7 Å². The molecule has 0 saturated carbocycles. The Balaban J connectivity index is 2.57. The first-order chi connectivity index (χ1) is 7.95. The minimum Gasteiger partial charge on any atom is -0.465 e. The molecule has 1 aliphatic heterocycles. The van der Waals surface area contributed by atoms with Crippen molar-refractivity contribution in [2.24, 2.45) is 0 Å². The Morgan fingerprint density at radius 1 is 1.29 bits per heavy atom. The van der Waals surface area contributed by atoms with Crippen LogP contribution in [-0.2, 0) is 9.53 Å². The summed E-state index contributed by atoms with van der Waals surface area (Å²) in [7, 11) is 0. The molecule has 2 atom stereocenters. The van der Waals surface area contributed by atoms with Gasteiger partial charge in [0.15, 0.2) is 0 Å². The van der Waals surface area contributed by atoms with Crippen molar-refractivity contribution in [3.8, 4) is 0 Å². The van der Waals surface area contributed by atoms with Gasteiger partial charge in [0, 0.05) is 25.2 Å². The molecule has 1 fully saturated rings. The molecule has 1 heterocycles. The zero-order valence-electron chi connectivity index (χ0n) is 10.5. The topological polar surface area (TPSA) is 70.1 Å². The number of carbonyl (C=O) groups excluding carboxylic acids is 1. The van der Waals surface area contributed by atoms with Crippen molar-refractivity contribution in [1.82, 2.24) is 9.80 Å². The molecule has 0 unspecified atom stereocenters. The van der Waals surface area contributed by atoms with E-state index in [4.69, 9.17) is 9.84 Å². The summed E-state index contributed by atoms with van der Waals surface area (Å²) in [6, 6.07) is 0.0542. The quantitative estimate of drug-likeness (QED) is 0.737. The highest BCUT2D eigenvalue weighted by molar-refractivity contribution is 5.72. The van der Waals surface area contributed by atoms with Crippen molar-refractivity contribution >= 4 is 12.1 Å². The van der Waals surface area contributed by atoms with Crippen molar-refractivity contribution in [1.29, 1.82) is 0 Å². The third-order valence-electron chi connectivity index (χ3n) is 2.99. The van der Waals surface area contributed by atoms with E-state index in [0.29, 0.717) is 19.7 Å². The highest BCUT2D eigenvalue weighted by Crippen LogP contribution is 2.15. The SMILES string of the molecule is CCOC(=O)CN1[C@H](C)CN(C(=O)O)C[C@@H]1C. The third kappa shape index (κ3) is 3.59. The first-order valence-corrected chi connectivity index (χ1v) is 5.85. The summed E-state index contributed by atoms with van der Waals surface area (Å²) in [4.78, 5) is 25.7. The van der Waals surface area contributed by atoms with Gasteiger partial charge in [-0.2, -0.15) is 0 Å². The molecule has 0 aromatic heterocycles. The predicted octanol–water partition coefficient (Wildman–Crippen LogP) is 0.622. The number of hydrogen-bond donors (Lipinski definition) is 1. The van der Waals surface area contributed by atoms with Crippen molar-refractivity contribution in [2.75, 3.05) is 26.2 Å². The molecule has 0 radical (unpaired) electrons. The van der Waals surface area contributed by atoms with Gasteiger partial charge in [0.25, 0.3) is 0 Å². The Bertz CT molecular complexity index is 283. The Kier molecular flexibility index (Phi) is 4.74. The summed E-state index contributed by atoms with van der Waals surface area (Å²) in [5.41, 5.74) is 0. The van der Waals surface area contributed by atoms with Gasteiger partial charge in [-0.1, -0.05) is 0 Å². The normalized spacial score (nSPS) is 25.7. The van der Waals surface area contributed by atoms with Gasteiger partial charge in [0.2, 0.25) is 0 Å². The predicted molar refractivity (Wildman–Crippen MR) is 61.9 cm³/mol. The fourth-order valence-electron chi connectivity index (χ4n) is 2.18. The van der Waals surface area contributed by atoms with Gasteiger partial charge in [0.1, 0.15) is 0 Å². The van der Waals surface area contributed by atoms with Crippen LogP contribution in [0.4, 0.5) is 4.79 Å². The van der Waals surface area contributed by atoms with Gasteiger partial charge < -0.3 is 14.7 Å². The first-order valence-electron chi connectivity index (χ1n) is 5.85. The molecule has 98 valence electrons. The van der Waals surface area contributed by atoms with Crippen LogP contribution in [0.5, 0.6) is 0 Å². The summed E-state index contributed by atoms with van der Waals surface area (Å²) in [5, 5.41) is 8.94. The molecule has 1 aliphatic rings. The number of carbonyl (C=O) groups is 2. The molecule has 0 aromatic carbocycles. The van der Waals surface area contributed by atoms with Crippen LogP contribution in [0.2, 0.25) is 0 Å². The van der Waals surface area contributed by atoms with Crippen LogP contribution in [0.25, 0.3) is 0 Å². The average Bonchev–Trinajstić information content (AvgIpc) is 2.23. The highest BCUT2D eigenvalue weighted by Gasteiger charge is 2.32. The summed E-state index contributed by atoms with van der Waals surface area (Å²) in [5.74, 6) is -0.255. The number of esters is 1. The minimum absolute atomic E-state index is 0.0271. The van der Waals surface area contributed by atoms with Crippen molar-refractivity contribution < 1.29 is 19.4 Å². The van der Waals surface area contributed by atoms with E-state index in [2.05, 4.69) is 0 Å². The maximum absolute atomic E-state index is 11.4. The smallest absolute Gasteiger partial charge is 0.407 e. The molecule has 1 saturated heterocycles. The fourth-order valence-corrected chi connectivity index (χ4v) is 2.18. The lowest BCUT2D eigenvalue weighted by molar-refractivity contribution is -0.146. The molecule has 0 aliphatic carbocycles. The van der Waals surface area contributed by atoms with E-state index in [1.165, 1.54) is 4.90 Å². The van der Waals surface area contributed by atoms with Crippen LogP contribution in [0.3, 0.4) is 0 Å². The molecule has 1 N–H and O–H groups in total. The van der Waals surface area contributed by atoms with Crippen LogP contribution in [-0.4, -0.2) is 65.3 Å². The lowest BCUT2D eigenvalue weighted by atomic mass is 10.1. The molecule has 6 heteroatoms. The number of amides is 1. The van der Waals surface area contributed by atoms with Gasteiger partial charge in [-0.05, 0) is 20.8 Å². The molecule has 0 spiro atoms. The number of hydrogen-bond acceptors (Lipinski definition) is 4. The van der Waals surface area contributed by atoms with E-state index in [-0.39, 0.29) is 24.6 Å². The van der Waals surface area contributed by atoms with E-state index in [0.717, 1.165) is 0 Å². The lowest BCUT2D eigenvalue weighted by Gasteiger charge is -2.42. The number of carboxylic acid groups (broad SMARTS) is 1. The maximum Gasteiger partial charge on any atom is 0.407 e. The third-order valence-corrected chi connectivity index (χ3v) is 2.99. The molecule has 1 amide bonds. The molecule has 0 aromatic rings. The van der Waals surface area contributed by atoms with Gasteiger partial charge in [0.05, 0.1) is 13.2 Å². The zero-order chi connectivity index (χ0) is 13.0. The lowest BCUT2D eigenvalue weighted by Crippen LogP contribution is -2.58. The molecule has 1 rings (SSSR count). The van der Waals surface area contributed by atoms with Crippen LogP contribution >= 0.6 is 0 Å². The average molecular weight is 244 g/mol. The van der Waals surface area contributed by atoms with E-state index in [9.17, 15) is 9.59 Å². The van der Waals surface area contributed by atoms with Crippen LogP contribution in [0.15, 0.2) is 0 Å². The van der Waals surface area contributed by atoms with Gasteiger partial charge in [-0.15, -0.1) is 0 Å². The van der Waals surface area contributed by atoms with Crippen LogP contribution in [0, 0.1) is 0 Å². The second-order valence-electron chi connectivity index (χ2n) is 4.36. The Morgan fingerprint density at radius 2 is 1.82 bits per heavy atom. The Hall–Kier alpha value is -1.30. The second kappa shape index (κ2) is 5.86. The molecule has 17 heavy (non-hydrogen) atoms. The standard InChI is InChI=1S/C11H20N2O4/c1-4-17-10(14)7-13-8(2)5-12(11(15)16)6-9(13)3/h8-9H,4-7H2,1-3H3,(H,15,16)/t8-,9+. The highest BCUT2D eigenvalue weighted by atomic mass is 16.5. The molecule has 0 bridgehead atoms. The summed E-state index contributed by atoms with van der Waals surface area (Å²) in [6.45, 7) is 7.07. The van der Waals surface area contributed by atoms with Crippen molar-refractivity contribution in [2.45, 2.75) is 32.9 Å². The monoisotopic (exact) mass is 244 g/mol. The second-order valence-corrected chi connectivity index (χ2v) is 4.36. The van der Waals surface area contributed by atoms with Gasteiger partial charge >= 0.3 is 12.1 Å². The van der Waals surface area contributed by atoms with E-state index < -0.39 is 6.09 Å². The first kappa shape index (κ1) is 13.8. The van der Waals surface area contributed by atoms with E-state index >= 15 is 0 Å². The maximum atomic E-state index is 11.4. The van der Waals surface area contributed by atoms with Crippen molar-refractivity contribution in [3.05, 3.63) is 0 Å². The number of rotatable bonds is 3. The van der Waals surface area contributed by atoms with Gasteiger partial charge in [-0.3, -0.25) is 9.69 Å². The number of piperazine rings is 1. The van der Waals surface area contributed by atoms with Crippen LogP contribution < -0.4 is 0 Å².